The van der Waals surface area contributed by atoms with E-state index < -0.39 is 15.4 Å². The summed E-state index contributed by atoms with van der Waals surface area (Å²) in [4.78, 5) is 27.1. The van der Waals surface area contributed by atoms with E-state index in [0.29, 0.717) is 5.56 Å². The predicted octanol–water partition coefficient (Wildman–Crippen LogP) is 2.23. The zero-order valence-corrected chi connectivity index (χ0v) is 13.2. The fraction of sp³-hybridized carbons (Fsp3) is 0.273. The minimum Gasteiger partial charge on any atom is -0.482 e. The molecule has 1 rings (SSSR count). The van der Waals surface area contributed by atoms with E-state index >= 15 is 0 Å². The van der Waals surface area contributed by atoms with Gasteiger partial charge in [-0.2, -0.15) is 0 Å². The minimum atomic E-state index is -4.83. The second-order valence-corrected chi connectivity index (χ2v) is 7.12. The van der Waals surface area contributed by atoms with E-state index in [1.54, 1.807) is 6.92 Å². The molecule has 1 aromatic rings. The Balaban J connectivity index is 3.36. The molecule has 3 N–H and O–H groups in total. The van der Waals surface area contributed by atoms with Crippen LogP contribution in [0.25, 0.3) is 0 Å². The zero-order valence-electron chi connectivity index (χ0n) is 11.4. The molecule has 0 aliphatic heterocycles. The van der Waals surface area contributed by atoms with Gasteiger partial charge in [0.05, 0.1) is 0 Å². The van der Waals surface area contributed by atoms with E-state index in [1.165, 1.54) is 18.2 Å². The van der Waals surface area contributed by atoms with E-state index in [4.69, 9.17) is 19.0 Å². The SMILES string of the molecule is C=CCOc1c(OP(C)(=O)O)cc(C)cc1OP(=O)(O)O. The van der Waals surface area contributed by atoms with Crippen LogP contribution in [0.5, 0.6) is 17.2 Å². The van der Waals surface area contributed by atoms with Crippen LogP contribution < -0.4 is 13.8 Å². The molecule has 8 nitrogen and oxygen atoms in total. The molecular weight excluding hydrogens is 322 g/mol. The number of hydrogen-bond acceptors (Lipinski definition) is 5. The summed E-state index contributed by atoms with van der Waals surface area (Å²) in [6.45, 7) is 5.98. The second kappa shape index (κ2) is 6.64. The molecule has 1 atom stereocenters. The Morgan fingerprint density at radius 2 is 1.71 bits per heavy atom. The van der Waals surface area contributed by atoms with Crippen molar-refractivity contribution in [3.8, 4) is 17.2 Å². The summed E-state index contributed by atoms with van der Waals surface area (Å²) < 4.78 is 37.0. The quantitative estimate of drug-likeness (QED) is 0.511. The monoisotopic (exact) mass is 338 g/mol. The third-order valence-electron chi connectivity index (χ3n) is 2.00. The van der Waals surface area contributed by atoms with E-state index in [9.17, 15) is 14.0 Å². The van der Waals surface area contributed by atoms with Gasteiger partial charge in [-0.3, -0.25) is 9.79 Å². The molecule has 0 aromatic heterocycles. The van der Waals surface area contributed by atoms with Crippen molar-refractivity contribution in [2.24, 2.45) is 0 Å². The van der Waals surface area contributed by atoms with Gasteiger partial charge < -0.3 is 18.7 Å². The lowest BCUT2D eigenvalue weighted by atomic mass is 10.2. The van der Waals surface area contributed by atoms with Gasteiger partial charge in [0, 0.05) is 6.66 Å². The van der Waals surface area contributed by atoms with E-state index in [1.807, 2.05) is 0 Å². The zero-order chi connectivity index (χ0) is 16.3. The molecule has 0 saturated heterocycles. The van der Waals surface area contributed by atoms with Crippen LogP contribution >= 0.6 is 15.4 Å². The minimum absolute atomic E-state index is 0.0175. The smallest absolute Gasteiger partial charge is 0.482 e. The fourth-order valence-corrected chi connectivity index (χ4v) is 2.33. The summed E-state index contributed by atoms with van der Waals surface area (Å²) >= 11 is 0. The van der Waals surface area contributed by atoms with Crippen molar-refractivity contribution in [1.29, 1.82) is 0 Å². The van der Waals surface area contributed by atoms with Crippen molar-refractivity contribution in [3.05, 3.63) is 30.4 Å². The first-order valence-electron chi connectivity index (χ1n) is 5.65. The fourth-order valence-electron chi connectivity index (χ4n) is 1.44. The molecule has 0 amide bonds. The van der Waals surface area contributed by atoms with Crippen LogP contribution in [-0.4, -0.2) is 28.0 Å². The Morgan fingerprint density at radius 1 is 1.19 bits per heavy atom. The lowest BCUT2D eigenvalue weighted by molar-refractivity contribution is 0.270. The van der Waals surface area contributed by atoms with Crippen LogP contribution in [-0.2, 0) is 9.13 Å². The molecule has 21 heavy (non-hydrogen) atoms. The van der Waals surface area contributed by atoms with Gasteiger partial charge >= 0.3 is 15.4 Å². The van der Waals surface area contributed by atoms with Crippen LogP contribution in [0.15, 0.2) is 24.8 Å². The van der Waals surface area contributed by atoms with Crippen molar-refractivity contribution in [3.63, 3.8) is 0 Å². The first-order valence-corrected chi connectivity index (χ1v) is 9.20. The molecule has 0 heterocycles. The summed E-state index contributed by atoms with van der Waals surface area (Å²) in [6, 6.07) is 2.69. The number of ether oxygens (including phenoxy) is 1. The van der Waals surface area contributed by atoms with Gasteiger partial charge in [-0.05, 0) is 24.6 Å². The highest BCUT2D eigenvalue weighted by Gasteiger charge is 2.25. The summed E-state index contributed by atoms with van der Waals surface area (Å²) in [7, 11) is -8.72. The maximum atomic E-state index is 11.4. The lowest BCUT2D eigenvalue weighted by Gasteiger charge is -2.18. The summed E-state index contributed by atoms with van der Waals surface area (Å²) in [5.41, 5.74) is 0.493. The summed E-state index contributed by atoms with van der Waals surface area (Å²) in [6.07, 6.45) is 1.38. The normalized spacial score (nSPS) is 14.1. The van der Waals surface area contributed by atoms with Crippen LogP contribution in [0.4, 0.5) is 0 Å². The van der Waals surface area contributed by atoms with Crippen molar-refractivity contribution in [1.82, 2.24) is 0 Å². The Hall–Kier alpha value is -1.30. The van der Waals surface area contributed by atoms with Crippen molar-refractivity contribution < 1.29 is 37.6 Å². The molecule has 0 spiro atoms. The molecule has 1 aromatic carbocycles. The third kappa shape index (κ3) is 6.33. The number of benzene rings is 1. The topological polar surface area (TPSA) is 123 Å². The van der Waals surface area contributed by atoms with Gasteiger partial charge in [-0.25, -0.2) is 9.13 Å². The number of rotatable bonds is 7. The largest absolute Gasteiger partial charge is 0.524 e. The highest BCUT2D eigenvalue weighted by Crippen LogP contribution is 2.50. The van der Waals surface area contributed by atoms with Crippen molar-refractivity contribution >= 4 is 15.4 Å². The third-order valence-corrected chi connectivity index (χ3v) is 2.97. The molecule has 1 unspecified atom stereocenters. The average molecular weight is 338 g/mol. The first-order chi connectivity index (χ1) is 9.52. The first kappa shape index (κ1) is 17.8. The lowest BCUT2D eigenvalue weighted by Crippen LogP contribution is -2.02. The number of aryl methyl sites for hydroxylation is 1. The second-order valence-electron chi connectivity index (χ2n) is 4.17. The molecule has 0 radical (unpaired) electrons. The maximum Gasteiger partial charge on any atom is 0.524 e. The van der Waals surface area contributed by atoms with Crippen LogP contribution in [0, 0.1) is 6.92 Å². The van der Waals surface area contributed by atoms with E-state index in [-0.39, 0.29) is 23.9 Å². The van der Waals surface area contributed by atoms with E-state index in [0.717, 1.165) is 6.66 Å². The van der Waals surface area contributed by atoms with Crippen LogP contribution in [0.3, 0.4) is 0 Å². The van der Waals surface area contributed by atoms with Gasteiger partial charge in [-0.15, -0.1) is 0 Å². The van der Waals surface area contributed by atoms with Gasteiger partial charge in [-0.1, -0.05) is 12.7 Å². The average Bonchev–Trinajstić information content (AvgIpc) is 2.23. The van der Waals surface area contributed by atoms with Gasteiger partial charge in [0.15, 0.2) is 11.5 Å². The van der Waals surface area contributed by atoms with Crippen LogP contribution in [0.2, 0.25) is 0 Å². The van der Waals surface area contributed by atoms with Gasteiger partial charge in [0.25, 0.3) is 0 Å². The van der Waals surface area contributed by atoms with Gasteiger partial charge in [0.2, 0.25) is 5.75 Å². The van der Waals surface area contributed by atoms with Crippen molar-refractivity contribution in [2.75, 3.05) is 13.3 Å². The Bertz CT molecular complexity index is 570. The number of phosphoric ester groups is 1. The molecule has 0 bridgehead atoms. The number of hydrogen-bond donors (Lipinski definition) is 3. The molecular formula is C11H16O8P2. The number of phosphoric acid groups is 1. The van der Waals surface area contributed by atoms with Gasteiger partial charge in [0.1, 0.15) is 6.61 Å². The molecule has 0 aliphatic rings. The van der Waals surface area contributed by atoms with E-state index in [2.05, 4.69) is 11.1 Å². The molecule has 0 saturated carbocycles. The molecule has 10 heteroatoms. The summed E-state index contributed by atoms with van der Waals surface area (Å²) in [5.74, 6) is -0.651. The standard InChI is InChI=1S/C11H16O8P2/c1-4-5-17-11-9(18-20(3,12)13)6-8(2)7-10(11)19-21(14,15)16/h4,6-7H,1,5H2,2-3H3,(H,12,13)(H2,14,15,16). The van der Waals surface area contributed by atoms with Crippen molar-refractivity contribution in [2.45, 2.75) is 6.92 Å². The molecule has 118 valence electrons. The Labute approximate surface area is 121 Å². The molecule has 0 aliphatic carbocycles. The Kier molecular flexibility index (Phi) is 5.61. The Morgan fingerprint density at radius 3 is 2.14 bits per heavy atom. The highest BCUT2D eigenvalue weighted by molar-refractivity contribution is 7.52. The van der Waals surface area contributed by atoms with Crippen LogP contribution in [0.1, 0.15) is 5.56 Å². The summed E-state index contributed by atoms with van der Waals surface area (Å²) in [5, 5.41) is 0. The predicted molar refractivity (Wildman–Crippen MR) is 75.9 cm³/mol. The highest BCUT2D eigenvalue weighted by atomic mass is 31.2. The molecule has 0 fully saturated rings. The maximum absolute atomic E-state index is 11.4.